The van der Waals surface area contributed by atoms with Gasteiger partial charge in [-0.2, -0.15) is 0 Å². The van der Waals surface area contributed by atoms with Crippen molar-refractivity contribution in [2.45, 2.75) is 20.4 Å². The van der Waals surface area contributed by atoms with Gasteiger partial charge in [-0.15, -0.1) is 6.58 Å². The van der Waals surface area contributed by atoms with Crippen LogP contribution in [-0.4, -0.2) is 17.1 Å². The van der Waals surface area contributed by atoms with Crippen molar-refractivity contribution in [2.24, 2.45) is 5.92 Å². The number of benzene rings is 1. The van der Waals surface area contributed by atoms with Crippen molar-refractivity contribution in [1.29, 1.82) is 0 Å². The molecule has 0 saturated carbocycles. The van der Waals surface area contributed by atoms with Crippen LogP contribution in [0.4, 0.5) is 10.5 Å². The van der Waals surface area contributed by atoms with Crippen LogP contribution < -0.4 is 10.6 Å². The Hall–Kier alpha value is -2.23. The Balaban J connectivity index is 2.14. The number of urea groups is 1. The number of carbonyl (C=O) groups is 1. The topological polar surface area (TPSA) is 46.1 Å². The van der Waals surface area contributed by atoms with E-state index in [1.807, 2.05) is 18.2 Å². The quantitative estimate of drug-likeness (QED) is 0.802. The van der Waals surface area contributed by atoms with Crippen LogP contribution >= 0.6 is 0 Å². The third-order valence-electron chi connectivity index (χ3n) is 3.00. The van der Waals surface area contributed by atoms with Gasteiger partial charge in [0.2, 0.25) is 0 Å². The molecule has 0 saturated heterocycles. The Kier molecular flexibility index (Phi) is 4.45. The Bertz CT molecular complexity index is 613. The first-order chi connectivity index (χ1) is 9.60. The van der Waals surface area contributed by atoms with Crippen LogP contribution in [0.5, 0.6) is 0 Å². The maximum atomic E-state index is 11.6. The highest BCUT2D eigenvalue weighted by molar-refractivity contribution is 5.93. The first kappa shape index (κ1) is 14.2. The Morgan fingerprint density at radius 1 is 1.40 bits per heavy atom. The zero-order valence-electron chi connectivity index (χ0n) is 12.0. The molecule has 0 radical (unpaired) electrons. The van der Waals surface area contributed by atoms with Gasteiger partial charge in [-0.3, -0.25) is 0 Å². The molecule has 0 unspecified atom stereocenters. The fraction of sp³-hybridized carbons (Fsp3) is 0.312. The molecule has 4 nitrogen and oxygen atoms in total. The lowest BCUT2D eigenvalue weighted by molar-refractivity contribution is 0.253. The second-order valence-corrected chi connectivity index (χ2v) is 5.26. The molecule has 0 aliphatic rings. The maximum absolute atomic E-state index is 11.6. The van der Waals surface area contributed by atoms with E-state index < -0.39 is 0 Å². The van der Waals surface area contributed by atoms with Crippen LogP contribution in [0.15, 0.2) is 43.1 Å². The third kappa shape index (κ3) is 3.41. The lowest BCUT2D eigenvalue weighted by atomic mass is 10.2. The third-order valence-corrected chi connectivity index (χ3v) is 3.00. The van der Waals surface area contributed by atoms with Crippen LogP contribution in [0.3, 0.4) is 0 Å². The summed E-state index contributed by atoms with van der Waals surface area (Å²) in [7, 11) is 0. The van der Waals surface area contributed by atoms with E-state index in [0.29, 0.717) is 12.5 Å². The van der Waals surface area contributed by atoms with Crippen molar-refractivity contribution in [3.05, 3.63) is 43.1 Å². The number of hydrogen-bond acceptors (Lipinski definition) is 1. The van der Waals surface area contributed by atoms with Crippen molar-refractivity contribution in [1.82, 2.24) is 9.88 Å². The SMILES string of the molecule is C=CCNC(=O)Nc1ccc2c(ccn2CC(C)C)c1. The van der Waals surface area contributed by atoms with Crippen LogP contribution in [0.25, 0.3) is 10.9 Å². The van der Waals surface area contributed by atoms with Gasteiger partial charge in [0.25, 0.3) is 0 Å². The lowest BCUT2D eigenvalue weighted by Crippen LogP contribution is -2.28. The van der Waals surface area contributed by atoms with E-state index in [-0.39, 0.29) is 6.03 Å². The van der Waals surface area contributed by atoms with Gasteiger partial charge in [0.15, 0.2) is 0 Å². The van der Waals surface area contributed by atoms with Crippen LogP contribution in [0.2, 0.25) is 0 Å². The summed E-state index contributed by atoms with van der Waals surface area (Å²) in [5.41, 5.74) is 1.98. The average Bonchev–Trinajstić information content (AvgIpc) is 2.78. The number of carbonyl (C=O) groups excluding carboxylic acids is 1. The summed E-state index contributed by atoms with van der Waals surface area (Å²) in [5.74, 6) is 0.605. The number of rotatable bonds is 5. The van der Waals surface area contributed by atoms with E-state index in [2.05, 4.69) is 47.9 Å². The van der Waals surface area contributed by atoms with E-state index in [4.69, 9.17) is 0 Å². The Labute approximate surface area is 119 Å². The van der Waals surface area contributed by atoms with Gasteiger partial charge in [0, 0.05) is 35.9 Å². The second-order valence-electron chi connectivity index (χ2n) is 5.26. The number of nitrogens with zero attached hydrogens (tertiary/aromatic N) is 1. The largest absolute Gasteiger partial charge is 0.347 e. The minimum Gasteiger partial charge on any atom is -0.347 e. The van der Waals surface area contributed by atoms with E-state index in [0.717, 1.165) is 17.6 Å². The molecule has 2 aromatic rings. The number of fused-ring (bicyclic) bond motifs is 1. The average molecular weight is 271 g/mol. The Morgan fingerprint density at radius 3 is 2.90 bits per heavy atom. The molecule has 1 heterocycles. The van der Waals surface area contributed by atoms with Crippen LogP contribution in [-0.2, 0) is 6.54 Å². The maximum Gasteiger partial charge on any atom is 0.319 e. The van der Waals surface area contributed by atoms with Gasteiger partial charge in [0.05, 0.1) is 0 Å². The molecule has 2 amide bonds. The summed E-state index contributed by atoms with van der Waals surface area (Å²) in [6.45, 7) is 9.42. The van der Waals surface area contributed by atoms with Gasteiger partial charge < -0.3 is 15.2 Å². The summed E-state index contributed by atoms with van der Waals surface area (Å²) < 4.78 is 2.24. The molecule has 4 heteroatoms. The number of hydrogen-bond donors (Lipinski definition) is 2. The molecule has 2 N–H and O–H groups in total. The fourth-order valence-electron chi connectivity index (χ4n) is 2.17. The number of aromatic nitrogens is 1. The molecule has 2 rings (SSSR count). The summed E-state index contributed by atoms with van der Waals surface area (Å²) in [6.07, 6.45) is 3.74. The highest BCUT2D eigenvalue weighted by atomic mass is 16.2. The number of anilines is 1. The van der Waals surface area contributed by atoms with Gasteiger partial charge in [-0.1, -0.05) is 19.9 Å². The van der Waals surface area contributed by atoms with Gasteiger partial charge in [-0.25, -0.2) is 4.79 Å². The minimum atomic E-state index is -0.217. The molecule has 1 aromatic carbocycles. The summed E-state index contributed by atoms with van der Waals surface area (Å²) >= 11 is 0. The zero-order valence-corrected chi connectivity index (χ0v) is 12.0. The predicted molar refractivity (Wildman–Crippen MR) is 84.0 cm³/mol. The lowest BCUT2D eigenvalue weighted by Gasteiger charge is -2.09. The second kappa shape index (κ2) is 6.28. The number of amides is 2. The van der Waals surface area contributed by atoms with Crippen molar-refractivity contribution in [3.8, 4) is 0 Å². The Morgan fingerprint density at radius 2 is 2.20 bits per heavy atom. The van der Waals surface area contributed by atoms with Gasteiger partial charge in [0.1, 0.15) is 0 Å². The van der Waals surface area contributed by atoms with Crippen molar-refractivity contribution >= 4 is 22.6 Å². The molecular weight excluding hydrogens is 250 g/mol. The fourth-order valence-corrected chi connectivity index (χ4v) is 2.17. The predicted octanol–water partition coefficient (Wildman–Crippen LogP) is 3.60. The number of nitrogens with one attached hydrogen (secondary N) is 2. The zero-order chi connectivity index (χ0) is 14.5. The monoisotopic (exact) mass is 271 g/mol. The van der Waals surface area contributed by atoms with Gasteiger partial charge in [-0.05, 0) is 30.2 Å². The van der Waals surface area contributed by atoms with Crippen molar-refractivity contribution in [2.75, 3.05) is 11.9 Å². The molecule has 0 spiro atoms. The molecule has 0 atom stereocenters. The van der Waals surface area contributed by atoms with E-state index in [1.165, 1.54) is 5.52 Å². The molecule has 106 valence electrons. The first-order valence-electron chi connectivity index (χ1n) is 6.85. The van der Waals surface area contributed by atoms with Gasteiger partial charge >= 0.3 is 6.03 Å². The van der Waals surface area contributed by atoms with E-state index in [1.54, 1.807) is 6.08 Å². The molecule has 0 aliphatic heterocycles. The smallest absolute Gasteiger partial charge is 0.319 e. The summed E-state index contributed by atoms with van der Waals surface area (Å²) in [6, 6.07) is 7.81. The minimum absolute atomic E-state index is 0.217. The molecule has 1 aromatic heterocycles. The summed E-state index contributed by atoms with van der Waals surface area (Å²) in [5, 5.41) is 6.63. The molecule has 20 heavy (non-hydrogen) atoms. The molecule has 0 fully saturated rings. The van der Waals surface area contributed by atoms with Crippen molar-refractivity contribution in [3.63, 3.8) is 0 Å². The van der Waals surface area contributed by atoms with E-state index >= 15 is 0 Å². The molecule has 0 aliphatic carbocycles. The highest BCUT2D eigenvalue weighted by Gasteiger charge is 2.05. The highest BCUT2D eigenvalue weighted by Crippen LogP contribution is 2.21. The first-order valence-corrected chi connectivity index (χ1v) is 6.85. The normalized spacial score (nSPS) is 10.8. The summed E-state index contributed by atoms with van der Waals surface area (Å²) in [4.78, 5) is 11.6. The van der Waals surface area contributed by atoms with Crippen LogP contribution in [0.1, 0.15) is 13.8 Å². The molecule has 0 bridgehead atoms. The van der Waals surface area contributed by atoms with Crippen LogP contribution in [0, 0.1) is 5.92 Å². The van der Waals surface area contributed by atoms with Crippen molar-refractivity contribution < 1.29 is 4.79 Å². The standard InChI is InChI=1S/C16H21N3O/c1-4-8-17-16(20)18-14-5-6-15-13(10-14)7-9-19(15)11-12(2)3/h4-7,9-10,12H,1,8,11H2,2-3H3,(H2,17,18,20). The molecular formula is C16H21N3O. The van der Waals surface area contributed by atoms with E-state index in [9.17, 15) is 4.79 Å².